The number of cyclic esters (lactones) is 1. The van der Waals surface area contributed by atoms with Gasteiger partial charge in [-0.15, -0.1) is 0 Å². The number of amides is 1. The van der Waals surface area contributed by atoms with E-state index in [9.17, 15) is 29.0 Å². The smallest absolute Gasteiger partial charge is 0.343 e. The molecule has 6 rings (SSSR count). The number of hydrogen-bond acceptors (Lipinski definition) is 7. The Hall–Kier alpha value is -3.63. The predicted octanol–water partition coefficient (Wildman–Crippen LogP) is 1.97. The van der Waals surface area contributed by atoms with Gasteiger partial charge in [0.15, 0.2) is 5.60 Å². The van der Waals surface area contributed by atoms with Gasteiger partial charge < -0.3 is 24.4 Å². The van der Waals surface area contributed by atoms with Crippen molar-refractivity contribution in [2.75, 3.05) is 13.7 Å². The number of aliphatic hydroxyl groups is 2. The molecule has 3 aromatic rings. The van der Waals surface area contributed by atoms with Crippen molar-refractivity contribution in [3.8, 4) is 11.4 Å². The van der Waals surface area contributed by atoms with E-state index in [1.54, 1.807) is 27.0 Å². The SMILES string of the molecule is CC[C@@]1(O)C(=O)OCc2c1cc1n(c2=O)Cc2c-1nc1cc(F)c(C)c3c1c2[C@@H](N(C)C(=O)CO)CC3. The Morgan fingerprint density at radius 1 is 1.30 bits per heavy atom. The average Bonchev–Trinajstić information content (AvgIpc) is 3.27. The standard InChI is InChI=1S/C27H26FN3O6/c1-4-27(36)16-7-20-24-14(9-31(20)25(34)15(16)11-37-26(27)35)23-19(30(3)21(33)10-32)6-5-13-12(2)17(28)8-18(29-24)22(13)23/h7-8,19,32,36H,4-6,9-11H2,1-3H3/t19-,27-/m0/s1. The molecular formula is C27H26FN3O6. The molecule has 37 heavy (non-hydrogen) atoms. The van der Waals surface area contributed by atoms with E-state index in [4.69, 9.17) is 9.72 Å². The maximum atomic E-state index is 14.9. The van der Waals surface area contributed by atoms with Crippen LogP contribution >= 0.6 is 0 Å². The highest BCUT2D eigenvalue weighted by Crippen LogP contribution is 2.47. The van der Waals surface area contributed by atoms with Gasteiger partial charge in [0.2, 0.25) is 5.91 Å². The Morgan fingerprint density at radius 2 is 2.05 bits per heavy atom. The summed E-state index contributed by atoms with van der Waals surface area (Å²) in [6.07, 6.45) is 1.07. The summed E-state index contributed by atoms with van der Waals surface area (Å²) in [5.74, 6) is -1.64. The second-order valence-electron chi connectivity index (χ2n) is 10.0. The molecule has 2 aromatic heterocycles. The number of benzene rings is 1. The molecule has 0 radical (unpaired) electrons. The maximum absolute atomic E-state index is 14.9. The Balaban J connectivity index is 1.68. The lowest BCUT2D eigenvalue weighted by atomic mass is 9.81. The molecule has 0 bridgehead atoms. The fourth-order valence-electron chi connectivity index (χ4n) is 6.20. The van der Waals surface area contributed by atoms with Gasteiger partial charge in [0.05, 0.1) is 35.1 Å². The first kappa shape index (κ1) is 23.7. The molecule has 9 nitrogen and oxygen atoms in total. The molecular weight excluding hydrogens is 481 g/mol. The summed E-state index contributed by atoms with van der Waals surface area (Å²) in [5, 5.41) is 21.4. The van der Waals surface area contributed by atoms with E-state index in [0.29, 0.717) is 35.3 Å². The molecule has 4 heterocycles. The van der Waals surface area contributed by atoms with Crippen LogP contribution in [0.1, 0.15) is 59.2 Å². The van der Waals surface area contributed by atoms with Gasteiger partial charge in [-0.25, -0.2) is 14.2 Å². The van der Waals surface area contributed by atoms with Crippen molar-refractivity contribution in [2.45, 2.75) is 57.9 Å². The zero-order valence-electron chi connectivity index (χ0n) is 20.7. The molecule has 10 heteroatoms. The number of rotatable bonds is 3. The first-order chi connectivity index (χ1) is 17.6. The van der Waals surface area contributed by atoms with Gasteiger partial charge >= 0.3 is 5.97 Å². The summed E-state index contributed by atoms with van der Waals surface area (Å²) in [6.45, 7) is 2.64. The highest BCUT2D eigenvalue weighted by molar-refractivity contribution is 5.94. The molecule has 0 unspecified atom stereocenters. The summed E-state index contributed by atoms with van der Waals surface area (Å²) in [4.78, 5) is 44.9. The van der Waals surface area contributed by atoms with E-state index in [1.165, 1.54) is 15.5 Å². The van der Waals surface area contributed by atoms with Crippen LogP contribution in [0.3, 0.4) is 0 Å². The molecule has 2 N–H and O–H groups in total. The lowest BCUT2D eigenvalue weighted by Crippen LogP contribution is -2.44. The van der Waals surface area contributed by atoms with Crippen molar-refractivity contribution in [3.63, 3.8) is 0 Å². The van der Waals surface area contributed by atoms with Crippen molar-refractivity contribution in [1.82, 2.24) is 14.5 Å². The van der Waals surface area contributed by atoms with Crippen molar-refractivity contribution < 1.29 is 28.9 Å². The van der Waals surface area contributed by atoms with E-state index in [0.717, 1.165) is 22.1 Å². The molecule has 1 aromatic carbocycles. The number of ether oxygens (including phenoxy) is 1. The number of nitrogens with zero attached hydrogens (tertiary/aromatic N) is 3. The number of hydrogen-bond donors (Lipinski definition) is 2. The van der Waals surface area contributed by atoms with Crippen LogP contribution < -0.4 is 5.56 Å². The molecule has 0 saturated carbocycles. The number of esters is 1. The highest BCUT2D eigenvalue weighted by Gasteiger charge is 2.46. The lowest BCUT2D eigenvalue weighted by Gasteiger charge is -2.35. The van der Waals surface area contributed by atoms with Crippen LogP contribution in [-0.4, -0.2) is 50.2 Å². The van der Waals surface area contributed by atoms with Crippen LogP contribution in [0, 0.1) is 12.7 Å². The normalized spacial score (nSPS) is 21.4. The van der Waals surface area contributed by atoms with Gasteiger partial charge in [-0.1, -0.05) is 6.92 Å². The van der Waals surface area contributed by atoms with Crippen LogP contribution in [0.4, 0.5) is 4.39 Å². The third-order valence-electron chi connectivity index (χ3n) is 8.34. The molecule has 2 aliphatic heterocycles. The third kappa shape index (κ3) is 3.02. The Bertz CT molecular complexity index is 1610. The van der Waals surface area contributed by atoms with Gasteiger partial charge in [0, 0.05) is 29.6 Å². The molecule has 0 saturated heterocycles. The van der Waals surface area contributed by atoms with Crippen LogP contribution in [0.5, 0.6) is 0 Å². The van der Waals surface area contributed by atoms with Gasteiger partial charge in [-0.3, -0.25) is 9.59 Å². The monoisotopic (exact) mass is 507 g/mol. The van der Waals surface area contributed by atoms with E-state index < -0.39 is 35.7 Å². The lowest BCUT2D eigenvalue weighted by molar-refractivity contribution is -0.172. The summed E-state index contributed by atoms with van der Waals surface area (Å²) >= 11 is 0. The first-order valence-electron chi connectivity index (χ1n) is 12.3. The molecule has 0 spiro atoms. The van der Waals surface area contributed by atoms with Crippen molar-refractivity contribution in [1.29, 1.82) is 0 Å². The molecule has 3 aliphatic rings. The van der Waals surface area contributed by atoms with Crippen LogP contribution in [0.15, 0.2) is 16.9 Å². The molecule has 192 valence electrons. The minimum atomic E-state index is -1.96. The van der Waals surface area contributed by atoms with Crippen molar-refractivity contribution >= 4 is 22.8 Å². The number of carbonyl (C=O) groups is 2. The second-order valence-corrected chi connectivity index (χ2v) is 10.0. The molecule has 0 fully saturated rings. The van der Waals surface area contributed by atoms with Crippen molar-refractivity contribution in [3.05, 3.63) is 61.7 Å². The Labute approximate surface area is 211 Å². The van der Waals surface area contributed by atoms with E-state index in [1.807, 2.05) is 0 Å². The quantitative estimate of drug-likeness (QED) is 0.407. The third-order valence-corrected chi connectivity index (χ3v) is 8.34. The summed E-state index contributed by atoms with van der Waals surface area (Å²) < 4.78 is 21.6. The minimum absolute atomic E-state index is 0.0228. The number of fused-ring (bicyclic) bond motifs is 5. The summed E-state index contributed by atoms with van der Waals surface area (Å²) in [6, 6.07) is 2.57. The number of carbonyl (C=O) groups excluding carboxylic acids is 2. The second kappa shape index (κ2) is 7.93. The van der Waals surface area contributed by atoms with Gasteiger partial charge in [0.1, 0.15) is 19.0 Å². The topological polar surface area (TPSA) is 122 Å². The number of aliphatic hydroxyl groups excluding tert-OH is 1. The predicted molar refractivity (Wildman–Crippen MR) is 130 cm³/mol. The van der Waals surface area contributed by atoms with Crippen LogP contribution in [-0.2, 0) is 39.5 Å². The summed E-state index contributed by atoms with van der Waals surface area (Å²) in [5.41, 5.74) is 2.20. The number of halogens is 1. The number of likely N-dealkylation sites (N-methyl/N-ethyl adjacent to an activating group) is 1. The highest BCUT2D eigenvalue weighted by atomic mass is 19.1. The fraction of sp³-hybridized carbons (Fsp3) is 0.407. The average molecular weight is 508 g/mol. The fourth-order valence-corrected chi connectivity index (χ4v) is 6.20. The zero-order chi connectivity index (χ0) is 26.4. The van der Waals surface area contributed by atoms with E-state index in [-0.39, 0.29) is 36.5 Å². The molecule has 2 atom stereocenters. The maximum Gasteiger partial charge on any atom is 0.343 e. The Morgan fingerprint density at radius 3 is 2.76 bits per heavy atom. The molecule has 1 amide bonds. The van der Waals surface area contributed by atoms with Crippen LogP contribution in [0.2, 0.25) is 0 Å². The number of pyridine rings is 2. The van der Waals surface area contributed by atoms with Gasteiger partial charge in [-0.05, 0) is 48.9 Å². The van der Waals surface area contributed by atoms with Crippen LogP contribution in [0.25, 0.3) is 22.3 Å². The first-order valence-corrected chi connectivity index (χ1v) is 12.3. The molecule has 1 aliphatic carbocycles. The van der Waals surface area contributed by atoms with E-state index >= 15 is 0 Å². The number of aromatic nitrogens is 2. The largest absolute Gasteiger partial charge is 0.458 e. The zero-order valence-corrected chi connectivity index (χ0v) is 20.7. The van der Waals surface area contributed by atoms with Gasteiger partial charge in [-0.2, -0.15) is 0 Å². The van der Waals surface area contributed by atoms with E-state index in [2.05, 4.69) is 0 Å². The number of aryl methyl sites for hydroxylation is 1. The minimum Gasteiger partial charge on any atom is -0.458 e. The van der Waals surface area contributed by atoms with Crippen molar-refractivity contribution in [2.24, 2.45) is 0 Å². The van der Waals surface area contributed by atoms with Gasteiger partial charge in [0.25, 0.3) is 5.56 Å². The summed E-state index contributed by atoms with van der Waals surface area (Å²) in [7, 11) is 1.63. The Kier molecular flexibility index (Phi) is 5.09.